The number of amides is 1. The van der Waals surface area contributed by atoms with Crippen LogP contribution in [0.2, 0.25) is 10.0 Å². The van der Waals surface area contributed by atoms with Gasteiger partial charge >= 0.3 is 0 Å². The van der Waals surface area contributed by atoms with E-state index in [0.717, 1.165) is 22.2 Å². The second-order valence-corrected chi connectivity index (χ2v) is 8.43. The standard InChI is InChI=1S/C23H17Cl2N3OS/c24-17-8-6-16(7-9-17)22(29)26-12-13-30-23-27-20-11-10-18(25)14-19(20)21(28-23)15-4-2-1-3-5-15/h1-11,14H,12-13H2,(H,26,29). The van der Waals surface area contributed by atoms with Crippen LogP contribution in [0.3, 0.4) is 0 Å². The lowest BCUT2D eigenvalue weighted by atomic mass is 10.1. The van der Waals surface area contributed by atoms with Crippen molar-refractivity contribution in [2.45, 2.75) is 5.16 Å². The maximum absolute atomic E-state index is 12.2. The highest BCUT2D eigenvalue weighted by atomic mass is 35.5. The molecule has 1 aromatic heterocycles. The van der Waals surface area contributed by atoms with Crippen molar-refractivity contribution in [1.29, 1.82) is 0 Å². The summed E-state index contributed by atoms with van der Waals surface area (Å²) in [5.41, 5.74) is 3.26. The highest BCUT2D eigenvalue weighted by Crippen LogP contribution is 2.30. The van der Waals surface area contributed by atoms with Crippen molar-refractivity contribution < 1.29 is 4.79 Å². The lowest BCUT2D eigenvalue weighted by molar-refractivity contribution is 0.0956. The molecule has 0 fully saturated rings. The third-order valence-corrected chi connectivity index (χ3v) is 5.75. The van der Waals surface area contributed by atoms with E-state index in [1.807, 2.05) is 48.5 Å². The minimum Gasteiger partial charge on any atom is -0.351 e. The van der Waals surface area contributed by atoms with Gasteiger partial charge < -0.3 is 5.32 Å². The van der Waals surface area contributed by atoms with Gasteiger partial charge in [0, 0.05) is 38.9 Å². The number of thioether (sulfide) groups is 1. The largest absolute Gasteiger partial charge is 0.351 e. The Morgan fingerprint density at radius 3 is 2.40 bits per heavy atom. The fourth-order valence-corrected chi connectivity index (χ4v) is 3.97. The minimum absolute atomic E-state index is 0.133. The summed E-state index contributed by atoms with van der Waals surface area (Å²) in [6, 6.07) is 22.4. The third-order valence-electron chi connectivity index (χ3n) is 4.41. The molecule has 1 amide bonds. The van der Waals surface area contributed by atoms with Crippen molar-refractivity contribution >= 4 is 51.8 Å². The fraction of sp³-hybridized carbons (Fsp3) is 0.0870. The Balaban J connectivity index is 1.48. The molecule has 4 aromatic rings. The van der Waals surface area contributed by atoms with E-state index in [4.69, 9.17) is 28.2 Å². The maximum atomic E-state index is 12.2. The van der Waals surface area contributed by atoms with Gasteiger partial charge in [-0.3, -0.25) is 4.79 Å². The lowest BCUT2D eigenvalue weighted by Gasteiger charge is -2.10. The van der Waals surface area contributed by atoms with Crippen molar-refractivity contribution in [3.8, 4) is 11.3 Å². The Morgan fingerprint density at radius 2 is 1.63 bits per heavy atom. The van der Waals surface area contributed by atoms with Gasteiger partial charge in [-0.2, -0.15) is 0 Å². The molecule has 0 saturated heterocycles. The van der Waals surface area contributed by atoms with Crippen LogP contribution in [0, 0.1) is 0 Å². The van der Waals surface area contributed by atoms with E-state index in [1.165, 1.54) is 11.8 Å². The van der Waals surface area contributed by atoms with E-state index in [2.05, 4.69) is 10.3 Å². The lowest BCUT2D eigenvalue weighted by Crippen LogP contribution is -2.25. The van der Waals surface area contributed by atoms with E-state index in [1.54, 1.807) is 24.3 Å². The zero-order valence-corrected chi connectivity index (χ0v) is 18.1. The Morgan fingerprint density at radius 1 is 0.900 bits per heavy atom. The van der Waals surface area contributed by atoms with Crippen LogP contribution in [0.15, 0.2) is 78.0 Å². The summed E-state index contributed by atoms with van der Waals surface area (Å²) in [6.07, 6.45) is 0. The molecule has 7 heteroatoms. The van der Waals surface area contributed by atoms with Gasteiger partial charge in [-0.15, -0.1) is 0 Å². The number of carbonyl (C=O) groups excluding carboxylic acids is 1. The van der Waals surface area contributed by atoms with Gasteiger partial charge in [0.15, 0.2) is 5.16 Å². The number of fused-ring (bicyclic) bond motifs is 1. The van der Waals surface area contributed by atoms with Gasteiger partial charge in [-0.05, 0) is 42.5 Å². The molecule has 0 saturated carbocycles. The van der Waals surface area contributed by atoms with Gasteiger partial charge in [0.25, 0.3) is 5.91 Å². The molecular weight excluding hydrogens is 437 g/mol. The number of nitrogens with one attached hydrogen (secondary N) is 1. The maximum Gasteiger partial charge on any atom is 0.251 e. The molecular formula is C23H17Cl2N3OS. The Labute approximate surface area is 188 Å². The number of hydrogen-bond acceptors (Lipinski definition) is 4. The minimum atomic E-state index is -0.133. The summed E-state index contributed by atoms with van der Waals surface area (Å²) in [4.78, 5) is 21.6. The van der Waals surface area contributed by atoms with Crippen molar-refractivity contribution in [2.75, 3.05) is 12.3 Å². The van der Waals surface area contributed by atoms with E-state index in [9.17, 15) is 4.79 Å². The summed E-state index contributed by atoms with van der Waals surface area (Å²) in [7, 11) is 0. The average molecular weight is 454 g/mol. The molecule has 0 bridgehead atoms. The average Bonchev–Trinajstić information content (AvgIpc) is 2.77. The monoisotopic (exact) mass is 453 g/mol. The topological polar surface area (TPSA) is 54.9 Å². The summed E-state index contributed by atoms with van der Waals surface area (Å²) in [5.74, 6) is 0.512. The molecule has 0 unspecified atom stereocenters. The molecule has 1 heterocycles. The molecule has 1 N–H and O–H groups in total. The smallest absolute Gasteiger partial charge is 0.251 e. The van der Waals surface area contributed by atoms with Crippen LogP contribution in [0.5, 0.6) is 0 Å². The quantitative estimate of drug-likeness (QED) is 0.217. The van der Waals surface area contributed by atoms with Crippen molar-refractivity contribution in [1.82, 2.24) is 15.3 Å². The number of hydrogen-bond donors (Lipinski definition) is 1. The normalized spacial score (nSPS) is 10.9. The number of benzene rings is 3. The first-order valence-corrected chi connectivity index (χ1v) is 11.0. The molecule has 0 aliphatic carbocycles. The number of aromatic nitrogens is 2. The number of carbonyl (C=O) groups is 1. The Hall–Kier alpha value is -2.60. The van der Waals surface area contributed by atoms with Crippen LogP contribution < -0.4 is 5.32 Å². The number of rotatable bonds is 6. The van der Waals surface area contributed by atoms with Crippen molar-refractivity contribution in [2.24, 2.45) is 0 Å². The molecule has 30 heavy (non-hydrogen) atoms. The first-order chi connectivity index (χ1) is 14.6. The van der Waals surface area contributed by atoms with Gasteiger partial charge in [0.05, 0.1) is 11.2 Å². The van der Waals surface area contributed by atoms with Crippen molar-refractivity contribution in [3.63, 3.8) is 0 Å². The molecule has 4 rings (SSSR count). The SMILES string of the molecule is O=C(NCCSc1nc(-c2ccccc2)c2cc(Cl)ccc2n1)c1ccc(Cl)cc1. The van der Waals surface area contributed by atoms with E-state index in [0.29, 0.717) is 33.1 Å². The summed E-state index contributed by atoms with van der Waals surface area (Å²) >= 11 is 13.6. The molecule has 4 nitrogen and oxygen atoms in total. The van der Waals surface area contributed by atoms with E-state index >= 15 is 0 Å². The van der Waals surface area contributed by atoms with Gasteiger partial charge in [0.1, 0.15) is 0 Å². The molecule has 0 radical (unpaired) electrons. The molecule has 3 aromatic carbocycles. The molecule has 0 aliphatic rings. The molecule has 0 aliphatic heterocycles. The summed E-state index contributed by atoms with van der Waals surface area (Å²) in [5, 5.41) is 5.72. The van der Waals surface area contributed by atoms with E-state index < -0.39 is 0 Å². The van der Waals surface area contributed by atoms with Crippen LogP contribution in [0.4, 0.5) is 0 Å². The zero-order valence-electron chi connectivity index (χ0n) is 15.8. The molecule has 0 spiro atoms. The van der Waals surface area contributed by atoms with Crippen LogP contribution in [-0.4, -0.2) is 28.2 Å². The van der Waals surface area contributed by atoms with Gasteiger partial charge in [-0.1, -0.05) is 65.3 Å². The predicted octanol–water partition coefficient (Wildman–Crippen LogP) is 6.13. The highest BCUT2D eigenvalue weighted by molar-refractivity contribution is 7.99. The first kappa shape index (κ1) is 20.7. The van der Waals surface area contributed by atoms with Crippen LogP contribution in [-0.2, 0) is 0 Å². The fourth-order valence-electron chi connectivity index (χ4n) is 2.97. The van der Waals surface area contributed by atoms with Crippen molar-refractivity contribution in [3.05, 3.63) is 88.4 Å². The van der Waals surface area contributed by atoms with Crippen LogP contribution in [0.1, 0.15) is 10.4 Å². The Kier molecular flexibility index (Phi) is 6.53. The molecule has 0 atom stereocenters. The van der Waals surface area contributed by atoms with E-state index in [-0.39, 0.29) is 5.91 Å². The second kappa shape index (κ2) is 9.47. The Bertz CT molecular complexity index is 1180. The number of nitrogens with zero attached hydrogens (tertiary/aromatic N) is 2. The van der Waals surface area contributed by atoms with Crippen LogP contribution in [0.25, 0.3) is 22.2 Å². The third kappa shape index (κ3) is 4.93. The second-order valence-electron chi connectivity index (χ2n) is 6.49. The summed E-state index contributed by atoms with van der Waals surface area (Å²) in [6.45, 7) is 0.495. The highest BCUT2D eigenvalue weighted by Gasteiger charge is 2.11. The predicted molar refractivity (Wildman–Crippen MR) is 124 cm³/mol. The van der Waals surface area contributed by atoms with Gasteiger partial charge in [-0.25, -0.2) is 9.97 Å². The number of halogens is 2. The first-order valence-electron chi connectivity index (χ1n) is 9.29. The summed E-state index contributed by atoms with van der Waals surface area (Å²) < 4.78 is 0. The molecule has 150 valence electrons. The van der Waals surface area contributed by atoms with Crippen LogP contribution >= 0.6 is 35.0 Å². The van der Waals surface area contributed by atoms with Gasteiger partial charge in [0.2, 0.25) is 0 Å². The zero-order chi connectivity index (χ0) is 20.9.